The van der Waals surface area contributed by atoms with Crippen LogP contribution in [0.25, 0.3) is 0 Å². The maximum Gasteiger partial charge on any atom is 0.306 e. The number of anilines is 1. The van der Waals surface area contributed by atoms with Crippen LogP contribution in [-0.4, -0.2) is 60.9 Å². The van der Waals surface area contributed by atoms with Crippen molar-refractivity contribution in [2.45, 2.75) is 19.8 Å². The Labute approximate surface area is 198 Å². The number of benzene rings is 2. The molecule has 174 valence electrons. The Balaban J connectivity index is 1.32. The molecule has 0 spiro atoms. The van der Waals surface area contributed by atoms with Crippen molar-refractivity contribution in [2.75, 3.05) is 43.1 Å². The molecule has 2 aliphatic rings. The van der Waals surface area contributed by atoms with E-state index >= 15 is 0 Å². The Morgan fingerprint density at radius 2 is 2.00 bits per heavy atom. The van der Waals surface area contributed by atoms with Gasteiger partial charge in [0, 0.05) is 47.8 Å². The van der Waals surface area contributed by atoms with Gasteiger partial charge in [0.05, 0.1) is 25.8 Å². The van der Waals surface area contributed by atoms with E-state index in [4.69, 9.17) is 9.47 Å². The first-order valence-corrected chi connectivity index (χ1v) is 12.5. The molecule has 0 bridgehead atoms. The topological polar surface area (TPSA) is 80.2 Å². The molecule has 0 aliphatic carbocycles. The van der Waals surface area contributed by atoms with Crippen molar-refractivity contribution in [3.05, 3.63) is 59.2 Å². The average molecular weight is 468 g/mol. The molecular formula is C25H29N3O4S. The van der Waals surface area contributed by atoms with Crippen LogP contribution >= 0.6 is 11.8 Å². The molecule has 1 amide bonds. The number of hydrogen-bond acceptors (Lipinski definition) is 7. The first-order valence-electron chi connectivity index (χ1n) is 11.3. The van der Waals surface area contributed by atoms with Crippen molar-refractivity contribution in [2.24, 2.45) is 11.0 Å². The Kier molecular flexibility index (Phi) is 7.88. The highest BCUT2D eigenvalue weighted by Gasteiger charge is 2.23. The van der Waals surface area contributed by atoms with E-state index in [1.54, 1.807) is 19.1 Å². The van der Waals surface area contributed by atoms with Gasteiger partial charge in [-0.05, 0) is 42.7 Å². The Bertz CT molecular complexity index is 1000. The fourth-order valence-electron chi connectivity index (χ4n) is 3.84. The molecule has 0 radical (unpaired) electrons. The van der Waals surface area contributed by atoms with E-state index in [0.29, 0.717) is 30.9 Å². The van der Waals surface area contributed by atoms with Crippen LogP contribution in [0.2, 0.25) is 0 Å². The van der Waals surface area contributed by atoms with Crippen LogP contribution in [0.15, 0.2) is 47.6 Å². The average Bonchev–Trinajstić information content (AvgIpc) is 2.84. The summed E-state index contributed by atoms with van der Waals surface area (Å²) < 4.78 is 10.9. The monoisotopic (exact) mass is 467 g/mol. The van der Waals surface area contributed by atoms with Crippen LogP contribution in [0.3, 0.4) is 0 Å². The second-order valence-corrected chi connectivity index (χ2v) is 9.32. The molecule has 1 N–H and O–H groups in total. The van der Waals surface area contributed by atoms with Crippen LogP contribution in [-0.2, 0) is 16.0 Å². The van der Waals surface area contributed by atoms with Gasteiger partial charge < -0.3 is 14.8 Å². The minimum absolute atomic E-state index is 0.104. The fraction of sp³-hybridized carbons (Fsp3) is 0.400. The molecule has 2 aliphatic heterocycles. The van der Waals surface area contributed by atoms with Gasteiger partial charge in [-0.2, -0.15) is 16.9 Å². The summed E-state index contributed by atoms with van der Waals surface area (Å²) >= 11 is 1.95. The van der Waals surface area contributed by atoms with Gasteiger partial charge in [-0.25, -0.2) is 0 Å². The Morgan fingerprint density at radius 3 is 2.76 bits per heavy atom. The quantitative estimate of drug-likeness (QED) is 0.493. The van der Waals surface area contributed by atoms with Gasteiger partial charge in [-0.3, -0.25) is 14.6 Å². The summed E-state index contributed by atoms with van der Waals surface area (Å²) in [6.07, 6.45) is 2.94. The van der Waals surface area contributed by atoms with E-state index in [1.807, 2.05) is 48.3 Å². The molecule has 7 nitrogen and oxygen atoms in total. The molecule has 1 fully saturated rings. The molecule has 8 heteroatoms. The highest BCUT2D eigenvalue weighted by Crippen LogP contribution is 2.31. The number of ether oxygens (including phenoxy) is 2. The van der Waals surface area contributed by atoms with Crippen LogP contribution in [0, 0.1) is 5.92 Å². The van der Waals surface area contributed by atoms with Gasteiger partial charge in [-0.1, -0.05) is 18.2 Å². The van der Waals surface area contributed by atoms with Crippen LogP contribution in [0.5, 0.6) is 5.75 Å². The summed E-state index contributed by atoms with van der Waals surface area (Å²) in [6, 6.07) is 13.1. The highest BCUT2D eigenvalue weighted by atomic mass is 32.2. The number of amides is 1. The number of hydrazone groups is 1. The van der Waals surface area contributed by atoms with Crippen molar-refractivity contribution in [3.8, 4) is 5.75 Å². The van der Waals surface area contributed by atoms with Gasteiger partial charge in [0.25, 0.3) is 5.91 Å². The standard InChI is InChI=1S/C25H29N3O4S/c1-2-31-24(29)14-19-13-21-7-8-22(15-23(21)32-17-19)27-25(30)20-5-3-18(4-6-20)16-26-28-9-11-33-12-10-28/h3-8,15-16,19H,2,9-14,17H2,1H3,(H,27,30)/b26-16+. The van der Waals surface area contributed by atoms with E-state index < -0.39 is 0 Å². The number of thioether (sulfide) groups is 1. The lowest BCUT2D eigenvalue weighted by Crippen LogP contribution is -2.27. The molecule has 1 saturated heterocycles. The number of nitrogens with one attached hydrogen (secondary N) is 1. The van der Waals surface area contributed by atoms with E-state index in [1.165, 1.54) is 0 Å². The van der Waals surface area contributed by atoms with Gasteiger partial charge in [-0.15, -0.1) is 0 Å². The van der Waals surface area contributed by atoms with Crippen molar-refractivity contribution >= 4 is 35.5 Å². The van der Waals surface area contributed by atoms with Crippen molar-refractivity contribution in [3.63, 3.8) is 0 Å². The molecule has 33 heavy (non-hydrogen) atoms. The summed E-state index contributed by atoms with van der Waals surface area (Å²) in [5.74, 6) is 2.70. The van der Waals surface area contributed by atoms with E-state index in [-0.39, 0.29) is 17.8 Å². The zero-order chi connectivity index (χ0) is 23.0. The largest absolute Gasteiger partial charge is 0.493 e. The predicted octanol–water partition coefficient (Wildman–Crippen LogP) is 3.83. The zero-order valence-electron chi connectivity index (χ0n) is 18.8. The number of hydrogen-bond donors (Lipinski definition) is 1. The minimum Gasteiger partial charge on any atom is -0.493 e. The third-order valence-corrected chi connectivity index (χ3v) is 6.54. The smallest absolute Gasteiger partial charge is 0.306 e. The first-order chi connectivity index (χ1) is 16.1. The van der Waals surface area contributed by atoms with Crippen LogP contribution in [0.1, 0.15) is 34.8 Å². The summed E-state index contributed by atoms with van der Waals surface area (Å²) in [5, 5.41) is 9.53. The molecule has 1 atom stereocenters. The van der Waals surface area contributed by atoms with E-state index in [9.17, 15) is 9.59 Å². The van der Waals surface area contributed by atoms with Gasteiger partial charge in [0.15, 0.2) is 0 Å². The molecule has 0 aromatic heterocycles. The molecule has 2 aromatic carbocycles. The number of nitrogens with zero attached hydrogens (tertiary/aromatic N) is 2. The lowest BCUT2D eigenvalue weighted by molar-refractivity contribution is -0.144. The number of esters is 1. The molecule has 1 unspecified atom stereocenters. The predicted molar refractivity (Wildman–Crippen MR) is 131 cm³/mol. The van der Waals surface area contributed by atoms with Crippen LogP contribution < -0.4 is 10.1 Å². The first kappa shape index (κ1) is 23.2. The second-order valence-electron chi connectivity index (χ2n) is 8.10. The lowest BCUT2D eigenvalue weighted by Gasteiger charge is -2.25. The van der Waals surface area contributed by atoms with E-state index in [0.717, 1.165) is 47.9 Å². The summed E-state index contributed by atoms with van der Waals surface area (Å²) in [6.45, 7) is 4.60. The normalized spacial score (nSPS) is 17.8. The summed E-state index contributed by atoms with van der Waals surface area (Å²) in [5.41, 5.74) is 3.25. The molecule has 4 rings (SSSR count). The summed E-state index contributed by atoms with van der Waals surface area (Å²) in [4.78, 5) is 24.4. The maximum atomic E-state index is 12.7. The van der Waals surface area contributed by atoms with Crippen molar-refractivity contribution in [1.29, 1.82) is 0 Å². The zero-order valence-corrected chi connectivity index (χ0v) is 19.6. The third-order valence-electron chi connectivity index (χ3n) is 5.60. The van der Waals surface area contributed by atoms with Crippen LogP contribution in [0.4, 0.5) is 5.69 Å². The Hall–Kier alpha value is -3.00. The number of fused-ring (bicyclic) bond motifs is 1. The maximum absolute atomic E-state index is 12.7. The SMILES string of the molecule is CCOC(=O)CC1COc2cc(NC(=O)c3ccc(/C=N/N4CCSCC4)cc3)ccc2C1. The summed E-state index contributed by atoms with van der Waals surface area (Å²) in [7, 11) is 0. The lowest BCUT2D eigenvalue weighted by atomic mass is 9.94. The highest BCUT2D eigenvalue weighted by molar-refractivity contribution is 7.99. The molecule has 2 heterocycles. The molecular weight excluding hydrogens is 438 g/mol. The third kappa shape index (κ3) is 6.51. The van der Waals surface area contributed by atoms with Crippen molar-refractivity contribution < 1.29 is 19.1 Å². The van der Waals surface area contributed by atoms with E-state index in [2.05, 4.69) is 15.4 Å². The number of rotatable bonds is 7. The fourth-order valence-corrected chi connectivity index (χ4v) is 4.72. The van der Waals surface area contributed by atoms with Gasteiger partial charge >= 0.3 is 5.97 Å². The van der Waals surface area contributed by atoms with Crippen molar-refractivity contribution in [1.82, 2.24) is 5.01 Å². The number of carbonyl (C=O) groups excluding carboxylic acids is 2. The molecule has 0 saturated carbocycles. The molecule has 2 aromatic rings. The van der Waals surface area contributed by atoms with Gasteiger partial charge in [0.2, 0.25) is 0 Å². The minimum atomic E-state index is -0.193. The Morgan fingerprint density at radius 1 is 1.21 bits per heavy atom. The number of carbonyl (C=O) groups is 2. The second kappa shape index (κ2) is 11.2. The van der Waals surface area contributed by atoms with Gasteiger partial charge in [0.1, 0.15) is 5.75 Å².